The van der Waals surface area contributed by atoms with Gasteiger partial charge in [-0.3, -0.25) is 0 Å². The summed E-state index contributed by atoms with van der Waals surface area (Å²) in [6, 6.07) is 0. The summed E-state index contributed by atoms with van der Waals surface area (Å²) in [5.74, 6) is 0. The molecule has 0 saturated heterocycles. The highest BCUT2D eigenvalue weighted by Gasteiger charge is 2.07. The Kier molecular flexibility index (Phi) is 12.6. The molecule has 0 aromatic carbocycles. The van der Waals surface area contributed by atoms with Gasteiger partial charge < -0.3 is 15.3 Å². The summed E-state index contributed by atoms with van der Waals surface area (Å²) >= 11 is 0. The molecule has 1 atom stereocenters. The molecule has 23 heavy (non-hydrogen) atoms. The maximum Gasteiger partial charge on any atom is 0.0772 e. The fourth-order valence-corrected chi connectivity index (χ4v) is 2.23. The highest BCUT2D eigenvalue weighted by molar-refractivity contribution is 5.07. The molecule has 0 aliphatic rings. The molecule has 0 amide bonds. The Morgan fingerprint density at radius 2 is 1.35 bits per heavy atom. The van der Waals surface area contributed by atoms with Gasteiger partial charge in [-0.2, -0.15) is 0 Å². The number of allylic oxidation sites excluding steroid dienone is 5. The summed E-state index contributed by atoms with van der Waals surface area (Å²) in [6.45, 7) is 9.90. The summed E-state index contributed by atoms with van der Waals surface area (Å²) in [5, 5.41) is 27.5. The van der Waals surface area contributed by atoms with Crippen molar-refractivity contribution in [2.24, 2.45) is 0 Å². The average Bonchev–Trinajstić information content (AvgIpc) is 2.52. The van der Waals surface area contributed by atoms with Crippen LogP contribution < -0.4 is 0 Å². The fraction of sp³-hybridized carbons (Fsp3) is 0.600. The lowest BCUT2D eigenvalue weighted by Gasteiger charge is -2.11. The Morgan fingerprint density at radius 1 is 0.870 bits per heavy atom. The van der Waals surface area contributed by atoms with Crippen LogP contribution in [0, 0.1) is 0 Å². The average molecular weight is 322 g/mol. The highest BCUT2D eigenvalue weighted by Crippen LogP contribution is 2.15. The molecule has 1 unspecified atom stereocenters. The molecule has 0 aliphatic carbocycles. The first kappa shape index (κ1) is 21.8. The third-order valence-corrected chi connectivity index (χ3v) is 3.99. The maximum atomic E-state index is 9.74. The molecular weight excluding hydrogens is 288 g/mol. The van der Waals surface area contributed by atoms with Gasteiger partial charge in [0.1, 0.15) is 0 Å². The van der Waals surface area contributed by atoms with Crippen molar-refractivity contribution in [2.75, 3.05) is 13.2 Å². The Bertz CT molecular complexity index is 430. The Morgan fingerprint density at radius 3 is 1.83 bits per heavy atom. The minimum Gasteiger partial charge on any atom is -0.392 e. The topological polar surface area (TPSA) is 60.7 Å². The molecule has 0 aromatic heterocycles. The molecule has 0 aliphatic heterocycles. The molecular formula is C20H34O3. The SMILES string of the molecule is C=C(CO)C(O)CC/C(C)=C/CC/C(C)=C/CC/C(C)=C/CO. The van der Waals surface area contributed by atoms with Crippen molar-refractivity contribution in [1.29, 1.82) is 0 Å². The molecule has 3 heteroatoms. The van der Waals surface area contributed by atoms with Gasteiger partial charge >= 0.3 is 0 Å². The number of aliphatic hydroxyl groups excluding tert-OH is 3. The van der Waals surface area contributed by atoms with Crippen molar-refractivity contribution >= 4 is 0 Å². The Hall–Kier alpha value is -1.16. The number of rotatable bonds is 12. The lowest BCUT2D eigenvalue weighted by molar-refractivity contribution is 0.179. The zero-order chi connectivity index (χ0) is 17.7. The van der Waals surface area contributed by atoms with E-state index in [2.05, 4.69) is 32.6 Å². The zero-order valence-corrected chi connectivity index (χ0v) is 15.0. The lowest BCUT2D eigenvalue weighted by atomic mass is 10.0. The van der Waals surface area contributed by atoms with Crippen LogP contribution in [0.5, 0.6) is 0 Å². The van der Waals surface area contributed by atoms with E-state index in [0.717, 1.165) is 32.1 Å². The first-order valence-electron chi connectivity index (χ1n) is 8.45. The normalized spacial score (nSPS) is 15.0. The predicted molar refractivity (Wildman–Crippen MR) is 98.3 cm³/mol. The van der Waals surface area contributed by atoms with Gasteiger partial charge in [0.2, 0.25) is 0 Å². The third-order valence-electron chi connectivity index (χ3n) is 3.99. The number of hydrogen-bond acceptors (Lipinski definition) is 3. The van der Waals surface area contributed by atoms with Gasteiger partial charge in [0.15, 0.2) is 0 Å². The third kappa shape index (κ3) is 12.0. The van der Waals surface area contributed by atoms with Crippen molar-refractivity contribution in [1.82, 2.24) is 0 Å². The summed E-state index contributed by atoms with van der Waals surface area (Å²) in [6.07, 6.45) is 11.3. The van der Waals surface area contributed by atoms with Crippen LogP contribution in [0.3, 0.4) is 0 Å². The van der Waals surface area contributed by atoms with Crippen molar-refractivity contribution in [3.63, 3.8) is 0 Å². The molecule has 0 radical (unpaired) electrons. The van der Waals surface area contributed by atoms with Gasteiger partial charge in [-0.15, -0.1) is 0 Å². The maximum absolute atomic E-state index is 9.74. The van der Waals surface area contributed by atoms with E-state index < -0.39 is 6.10 Å². The van der Waals surface area contributed by atoms with Crippen LogP contribution >= 0.6 is 0 Å². The quantitative estimate of drug-likeness (QED) is 0.475. The molecule has 3 N–H and O–H groups in total. The van der Waals surface area contributed by atoms with Crippen molar-refractivity contribution in [2.45, 2.75) is 65.4 Å². The molecule has 3 nitrogen and oxygen atoms in total. The van der Waals surface area contributed by atoms with Crippen molar-refractivity contribution in [3.05, 3.63) is 47.1 Å². The van der Waals surface area contributed by atoms with Gasteiger partial charge in [0.05, 0.1) is 19.3 Å². The summed E-state index contributed by atoms with van der Waals surface area (Å²) in [4.78, 5) is 0. The minimum atomic E-state index is -0.611. The molecule has 132 valence electrons. The first-order chi connectivity index (χ1) is 10.9. The summed E-state index contributed by atoms with van der Waals surface area (Å²) < 4.78 is 0. The second-order valence-corrected chi connectivity index (χ2v) is 6.28. The van der Waals surface area contributed by atoms with Gasteiger partial charge in [0.25, 0.3) is 0 Å². The van der Waals surface area contributed by atoms with E-state index in [0.29, 0.717) is 12.0 Å². The zero-order valence-electron chi connectivity index (χ0n) is 15.0. The largest absolute Gasteiger partial charge is 0.392 e. The van der Waals surface area contributed by atoms with Crippen LogP contribution in [0.25, 0.3) is 0 Å². The molecule has 0 aromatic rings. The van der Waals surface area contributed by atoms with E-state index >= 15 is 0 Å². The highest BCUT2D eigenvalue weighted by atomic mass is 16.3. The van der Waals surface area contributed by atoms with Gasteiger partial charge in [-0.05, 0) is 64.9 Å². The van der Waals surface area contributed by atoms with E-state index in [4.69, 9.17) is 10.2 Å². The van der Waals surface area contributed by atoms with Crippen LogP contribution in [0.4, 0.5) is 0 Å². The smallest absolute Gasteiger partial charge is 0.0772 e. The van der Waals surface area contributed by atoms with Crippen molar-refractivity contribution < 1.29 is 15.3 Å². The first-order valence-corrected chi connectivity index (χ1v) is 8.45. The number of aliphatic hydroxyl groups is 3. The second-order valence-electron chi connectivity index (χ2n) is 6.28. The van der Waals surface area contributed by atoms with Gasteiger partial charge in [0, 0.05) is 0 Å². The molecule has 0 fully saturated rings. The second kappa shape index (κ2) is 13.3. The lowest BCUT2D eigenvalue weighted by Crippen LogP contribution is -2.12. The van der Waals surface area contributed by atoms with Crippen molar-refractivity contribution in [3.8, 4) is 0 Å². The standard InChI is InChI=1S/C20H34O3/c1-16(8-6-10-18(3)13-14-21)7-5-9-17(2)11-12-20(23)19(4)15-22/h8-9,13,20-23H,4-7,10-12,14-15H2,1-3H3/b16-8+,17-9+,18-13+. The molecule has 0 heterocycles. The van der Waals surface area contributed by atoms with Gasteiger partial charge in [-0.25, -0.2) is 0 Å². The Balaban J connectivity index is 4.01. The molecule has 0 bridgehead atoms. The van der Waals surface area contributed by atoms with E-state index in [1.165, 1.54) is 16.7 Å². The summed E-state index contributed by atoms with van der Waals surface area (Å²) in [7, 11) is 0. The van der Waals surface area contributed by atoms with E-state index in [-0.39, 0.29) is 13.2 Å². The molecule has 0 rings (SSSR count). The minimum absolute atomic E-state index is 0.124. The Labute approximate surface area is 141 Å². The van der Waals surface area contributed by atoms with Crippen LogP contribution in [-0.2, 0) is 0 Å². The van der Waals surface area contributed by atoms with E-state index in [1.807, 2.05) is 13.0 Å². The number of hydrogen-bond donors (Lipinski definition) is 3. The van der Waals surface area contributed by atoms with Crippen LogP contribution in [0.1, 0.15) is 59.3 Å². The fourth-order valence-electron chi connectivity index (χ4n) is 2.23. The van der Waals surface area contributed by atoms with Crippen LogP contribution in [-0.4, -0.2) is 34.6 Å². The van der Waals surface area contributed by atoms with E-state index in [1.54, 1.807) is 0 Å². The molecule has 0 spiro atoms. The van der Waals surface area contributed by atoms with Crippen LogP contribution in [0.2, 0.25) is 0 Å². The summed E-state index contributed by atoms with van der Waals surface area (Å²) in [5.41, 5.74) is 4.38. The van der Waals surface area contributed by atoms with E-state index in [9.17, 15) is 5.11 Å². The predicted octanol–water partition coefficient (Wildman–Crippen LogP) is 4.07. The molecule has 0 saturated carbocycles. The monoisotopic (exact) mass is 322 g/mol. The van der Waals surface area contributed by atoms with Crippen LogP contribution in [0.15, 0.2) is 47.1 Å². The van der Waals surface area contributed by atoms with Gasteiger partial charge in [-0.1, -0.05) is 41.5 Å².